The summed E-state index contributed by atoms with van der Waals surface area (Å²) in [6.07, 6.45) is 59.1. The predicted molar refractivity (Wildman–Crippen MR) is 260 cm³/mol. The van der Waals surface area contributed by atoms with Crippen LogP contribution >= 0.6 is 0 Å². The quantitative estimate of drug-likeness (QED) is 0.0322. The van der Waals surface area contributed by atoms with Crippen molar-refractivity contribution in [2.45, 2.75) is 296 Å². The number of rotatable bonds is 49. The van der Waals surface area contributed by atoms with Gasteiger partial charge in [0.05, 0.1) is 25.4 Å². The van der Waals surface area contributed by atoms with Gasteiger partial charge in [0.15, 0.2) is 0 Å². The standard InChI is InChI=1S/C54H103NO5/c1-3-5-7-9-11-13-27-32-36-40-44-48-54(59)60-49-45-41-37-33-29-26-24-22-20-18-16-14-15-17-19-21-23-25-28-31-35-39-43-47-53(58)55-51(50-56)52(57)46-42-38-34-30-12-10-8-6-4-2/h17,19,42,46,51-52,56-57H,3-16,18,20-41,43-45,47-50H2,1-2H3,(H,55,58)/b19-17-,46-42+. The second-order valence-corrected chi connectivity index (χ2v) is 18.2. The minimum Gasteiger partial charge on any atom is -0.466 e. The number of carbonyl (C=O) groups is 2. The highest BCUT2D eigenvalue weighted by Crippen LogP contribution is 2.16. The number of hydrogen-bond acceptors (Lipinski definition) is 5. The van der Waals surface area contributed by atoms with Gasteiger partial charge in [-0.15, -0.1) is 0 Å². The van der Waals surface area contributed by atoms with E-state index in [1.807, 2.05) is 6.08 Å². The molecule has 0 aromatic carbocycles. The van der Waals surface area contributed by atoms with Gasteiger partial charge in [0.2, 0.25) is 5.91 Å². The summed E-state index contributed by atoms with van der Waals surface area (Å²) in [5.74, 6) is -0.0669. The average molecular weight is 846 g/mol. The van der Waals surface area contributed by atoms with Crippen molar-refractivity contribution in [2.75, 3.05) is 13.2 Å². The maximum absolute atomic E-state index is 12.4. The van der Waals surface area contributed by atoms with E-state index in [-0.39, 0.29) is 18.5 Å². The summed E-state index contributed by atoms with van der Waals surface area (Å²) in [5.41, 5.74) is 0. The van der Waals surface area contributed by atoms with E-state index in [4.69, 9.17) is 4.74 Å². The van der Waals surface area contributed by atoms with E-state index >= 15 is 0 Å². The molecule has 6 heteroatoms. The summed E-state index contributed by atoms with van der Waals surface area (Å²) in [6, 6.07) is -0.629. The van der Waals surface area contributed by atoms with Crippen molar-refractivity contribution in [3.63, 3.8) is 0 Å². The zero-order valence-electron chi connectivity index (χ0n) is 40.2. The molecule has 6 nitrogen and oxygen atoms in total. The fourth-order valence-electron chi connectivity index (χ4n) is 8.10. The van der Waals surface area contributed by atoms with Crippen molar-refractivity contribution in [2.24, 2.45) is 0 Å². The molecule has 2 unspecified atom stereocenters. The van der Waals surface area contributed by atoms with Gasteiger partial charge in [0.25, 0.3) is 0 Å². The van der Waals surface area contributed by atoms with Gasteiger partial charge < -0.3 is 20.3 Å². The lowest BCUT2D eigenvalue weighted by atomic mass is 10.0. The Kier molecular flexibility index (Phi) is 48.6. The third kappa shape index (κ3) is 45.9. The maximum Gasteiger partial charge on any atom is 0.305 e. The van der Waals surface area contributed by atoms with Crippen LogP contribution in [0.5, 0.6) is 0 Å². The van der Waals surface area contributed by atoms with Crippen molar-refractivity contribution in [1.82, 2.24) is 5.32 Å². The van der Waals surface area contributed by atoms with Crippen molar-refractivity contribution >= 4 is 11.9 Å². The lowest BCUT2D eigenvalue weighted by molar-refractivity contribution is -0.143. The maximum atomic E-state index is 12.4. The van der Waals surface area contributed by atoms with Crippen LogP contribution in [0.2, 0.25) is 0 Å². The van der Waals surface area contributed by atoms with Crippen molar-refractivity contribution in [3.05, 3.63) is 24.3 Å². The minimum absolute atomic E-state index is 0.0102. The molecule has 0 rings (SSSR count). The van der Waals surface area contributed by atoms with Crippen LogP contribution in [0.3, 0.4) is 0 Å². The number of nitrogens with one attached hydrogen (secondary N) is 1. The van der Waals surface area contributed by atoms with Gasteiger partial charge in [-0.05, 0) is 57.8 Å². The van der Waals surface area contributed by atoms with E-state index in [1.165, 1.54) is 212 Å². The molecule has 0 saturated carbocycles. The summed E-state index contributed by atoms with van der Waals surface area (Å²) in [7, 11) is 0. The normalized spacial score (nSPS) is 12.8. The zero-order valence-corrected chi connectivity index (χ0v) is 40.2. The second-order valence-electron chi connectivity index (χ2n) is 18.2. The van der Waals surface area contributed by atoms with E-state index < -0.39 is 12.1 Å². The third-order valence-electron chi connectivity index (χ3n) is 12.2. The van der Waals surface area contributed by atoms with Gasteiger partial charge in [0.1, 0.15) is 0 Å². The lowest BCUT2D eigenvalue weighted by Gasteiger charge is -2.20. The Morgan fingerprint density at radius 1 is 0.450 bits per heavy atom. The van der Waals surface area contributed by atoms with Crippen molar-refractivity contribution in [1.29, 1.82) is 0 Å². The topological polar surface area (TPSA) is 95.9 Å². The Bertz CT molecular complexity index is 935. The summed E-state index contributed by atoms with van der Waals surface area (Å²) in [4.78, 5) is 24.3. The fraction of sp³-hybridized carbons (Fsp3) is 0.889. The summed E-state index contributed by atoms with van der Waals surface area (Å²) >= 11 is 0. The van der Waals surface area contributed by atoms with Gasteiger partial charge in [-0.2, -0.15) is 0 Å². The van der Waals surface area contributed by atoms with Gasteiger partial charge in [0, 0.05) is 12.8 Å². The van der Waals surface area contributed by atoms with Crippen molar-refractivity contribution in [3.8, 4) is 0 Å². The molecule has 0 aliphatic carbocycles. The first-order valence-electron chi connectivity index (χ1n) is 26.6. The number of aliphatic hydroxyl groups is 2. The molecular weight excluding hydrogens is 743 g/mol. The molecule has 1 amide bonds. The summed E-state index contributed by atoms with van der Waals surface area (Å²) < 4.78 is 5.46. The lowest BCUT2D eigenvalue weighted by Crippen LogP contribution is -2.45. The number of hydrogen-bond donors (Lipinski definition) is 3. The van der Waals surface area contributed by atoms with E-state index in [2.05, 4.69) is 31.3 Å². The highest BCUT2D eigenvalue weighted by Gasteiger charge is 2.18. The predicted octanol–water partition coefficient (Wildman–Crippen LogP) is 15.9. The van der Waals surface area contributed by atoms with E-state index in [0.29, 0.717) is 19.4 Å². The summed E-state index contributed by atoms with van der Waals surface area (Å²) in [6.45, 7) is 4.87. The first-order chi connectivity index (χ1) is 29.5. The van der Waals surface area contributed by atoms with Gasteiger partial charge in [-0.1, -0.05) is 237 Å². The molecular formula is C54H103NO5. The van der Waals surface area contributed by atoms with E-state index in [0.717, 1.165) is 44.9 Å². The Hall–Kier alpha value is -1.66. The Labute approximate surface area is 373 Å². The fourth-order valence-corrected chi connectivity index (χ4v) is 8.10. The molecule has 0 aromatic heterocycles. The van der Waals surface area contributed by atoms with E-state index in [9.17, 15) is 19.8 Å². The number of esters is 1. The number of unbranched alkanes of at least 4 members (excludes halogenated alkanes) is 36. The molecule has 0 heterocycles. The first-order valence-corrected chi connectivity index (χ1v) is 26.6. The Morgan fingerprint density at radius 2 is 0.783 bits per heavy atom. The number of allylic oxidation sites excluding steroid dienone is 3. The summed E-state index contributed by atoms with van der Waals surface area (Å²) in [5, 5.41) is 22.9. The molecule has 0 spiro atoms. The van der Waals surface area contributed by atoms with Crippen molar-refractivity contribution < 1.29 is 24.5 Å². The molecule has 0 aromatic rings. The highest BCUT2D eigenvalue weighted by molar-refractivity contribution is 5.76. The van der Waals surface area contributed by atoms with Crippen LogP contribution in [-0.2, 0) is 14.3 Å². The molecule has 0 saturated heterocycles. The Balaban J connectivity index is 3.40. The smallest absolute Gasteiger partial charge is 0.305 e. The molecule has 3 N–H and O–H groups in total. The Morgan fingerprint density at radius 3 is 1.18 bits per heavy atom. The number of carbonyl (C=O) groups excluding carboxylic acids is 2. The molecule has 60 heavy (non-hydrogen) atoms. The monoisotopic (exact) mass is 846 g/mol. The van der Waals surface area contributed by atoms with Crippen LogP contribution in [-0.4, -0.2) is 47.4 Å². The highest BCUT2D eigenvalue weighted by atomic mass is 16.5. The van der Waals surface area contributed by atoms with E-state index in [1.54, 1.807) is 6.08 Å². The van der Waals surface area contributed by atoms with Gasteiger partial charge in [-0.25, -0.2) is 0 Å². The first kappa shape index (κ1) is 58.3. The largest absolute Gasteiger partial charge is 0.466 e. The van der Waals surface area contributed by atoms with Crippen LogP contribution < -0.4 is 5.32 Å². The third-order valence-corrected chi connectivity index (χ3v) is 12.2. The molecule has 0 fully saturated rings. The molecule has 2 atom stereocenters. The van der Waals surface area contributed by atoms with Crippen LogP contribution in [0.15, 0.2) is 24.3 Å². The molecule has 0 radical (unpaired) electrons. The molecule has 0 aliphatic heterocycles. The number of ether oxygens (including phenoxy) is 1. The SMILES string of the molecule is CCCCCCCCC/C=C/C(O)C(CO)NC(=O)CCCCCCCCC/C=C\CCCCCCCCCCCCCCOC(=O)CCCCCCCCCCCCC. The molecule has 0 bridgehead atoms. The van der Waals surface area contributed by atoms with Gasteiger partial charge in [-0.3, -0.25) is 9.59 Å². The number of amides is 1. The number of aliphatic hydroxyl groups excluding tert-OH is 2. The van der Waals surface area contributed by atoms with Crippen LogP contribution in [0.1, 0.15) is 284 Å². The molecule has 0 aliphatic rings. The zero-order chi connectivity index (χ0) is 43.7. The van der Waals surface area contributed by atoms with Crippen LogP contribution in [0.4, 0.5) is 0 Å². The average Bonchev–Trinajstić information content (AvgIpc) is 3.25. The molecule has 354 valence electrons. The van der Waals surface area contributed by atoms with Gasteiger partial charge >= 0.3 is 5.97 Å². The minimum atomic E-state index is -0.845. The second kappa shape index (κ2) is 50.0. The van der Waals surface area contributed by atoms with Crippen LogP contribution in [0.25, 0.3) is 0 Å². The van der Waals surface area contributed by atoms with Crippen LogP contribution in [0, 0.1) is 0 Å².